The molecule has 0 aliphatic rings. The van der Waals surface area contributed by atoms with Crippen molar-refractivity contribution in [2.75, 3.05) is 6.61 Å². The Labute approximate surface area is 190 Å². The number of hydrogen-bond donors (Lipinski definition) is 2. The number of carbonyl (C=O) groups is 1. The number of H-pyrrole nitrogens is 1. The summed E-state index contributed by atoms with van der Waals surface area (Å²) in [5.74, 6) is -0.410. The fourth-order valence-electron chi connectivity index (χ4n) is 3.13. The van der Waals surface area contributed by atoms with Gasteiger partial charge in [-0.3, -0.25) is 4.79 Å². The van der Waals surface area contributed by atoms with E-state index in [0.717, 1.165) is 28.6 Å². The molecule has 0 aliphatic heterocycles. The standard InChI is InChI=1S/C24H23N7O2/c1-4-8-33-23-27-12-17(13-28-23)20-10-15-9-16(11-26-21(15)30-20)18-6-5-7-19(29-18)22(32)31-24(2,3)14-25/h5-7,9-13H,4,8H2,1-3H3,(H,26,30)(H,31,32). The first-order valence-corrected chi connectivity index (χ1v) is 10.5. The lowest BCUT2D eigenvalue weighted by Crippen LogP contribution is -2.42. The number of fused-ring (bicyclic) bond motifs is 1. The Hall–Kier alpha value is -4.32. The number of amides is 1. The Morgan fingerprint density at radius 2 is 1.91 bits per heavy atom. The Morgan fingerprint density at radius 1 is 1.15 bits per heavy atom. The maximum absolute atomic E-state index is 12.5. The van der Waals surface area contributed by atoms with Crippen molar-refractivity contribution < 1.29 is 9.53 Å². The first-order chi connectivity index (χ1) is 15.9. The fourth-order valence-corrected chi connectivity index (χ4v) is 3.13. The number of carbonyl (C=O) groups excluding carboxylic acids is 1. The largest absolute Gasteiger partial charge is 0.463 e. The van der Waals surface area contributed by atoms with E-state index in [4.69, 9.17) is 10.00 Å². The van der Waals surface area contributed by atoms with E-state index in [0.29, 0.717) is 24.0 Å². The van der Waals surface area contributed by atoms with Crippen molar-refractivity contribution in [3.8, 4) is 34.6 Å². The minimum atomic E-state index is -0.985. The highest BCUT2D eigenvalue weighted by atomic mass is 16.5. The number of nitrogens with zero attached hydrogens (tertiary/aromatic N) is 5. The Morgan fingerprint density at radius 3 is 2.64 bits per heavy atom. The number of aromatic amines is 1. The van der Waals surface area contributed by atoms with Gasteiger partial charge < -0.3 is 15.0 Å². The number of rotatable bonds is 7. The summed E-state index contributed by atoms with van der Waals surface area (Å²) in [6.45, 7) is 5.86. The van der Waals surface area contributed by atoms with E-state index in [1.54, 1.807) is 44.6 Å². The lowest BCUT2D eigenvalue weighted by Gasteiger charge is -2.17. The number of aromatic nitrogens is 5. The van der Waals surface area contributed by atoms with Gasteiger partial charge in [-0.15, -0.1) is 0 Å². The summed E-state index contributed by atoms with van der Waals surface area (Å²) in [6.07, 6.45) is 6.00. The van der Waals surface area contributed by atoms with Gasteiger partial charge in [0.1, 0.15) is 16.9 Å². The van der Waals surface area contributed by atoms with E-state index in [9.17, 15) is 4.79 Å². The molecule has 0 atom stereocenters. The highest BCUT2D eigenvalue weighted by Crippen LogP contribution is 2.26. The molecule has 0 radical (unpaired) electrons. The second-order valence-corrected chi connectivity index (χ2v) is 8.05. The van der Waals surface area contributed by atoms with Crippen LogP contribution in [0.5, 0.6) is 6.01 Å². The molecule has 1 amide bonds. The number of nitrogens with one attached hydrogen (secondary N) is 2. The van der Waals surface area contributed by atoms with E-state index >= 15 is 0 Å². The molecule has 0 aliphatic carbocycles. The van der Waals surface area contributed by atoms with Crippen LogP contribution in [0.3, 0.4) is 0 Å². The third kappa shape index (κ3) is 4.96. The first kappa shape index (κ1) is 21.9. The van der Waals surface area contributed by atoms with Gasteiger partial charge in [-0.2, -0.15) is 5.26 Å². The van der Waals surface area contributed by atoms with Crippen molar-refractivity contribution in [3.05, 3.63) is 54.6 Å². The zero-order chi connectivity index (χ0) is 23.4. The van der Waals surface area contributed by atoms with Gasteiger partial charge in [0.05, 0.1) is 24.1 Å². The second kappa shape index (κ2) is 9.04. The molecular formula is C24H23N7O2. The number of pyridine rings is 2. The molecule has 166 valence electrons. The summed E-state index contributed by atoms with van der Waals surface area (Å²) in [5, 5.41) is 12.7. The van der Waals surface area contributed by atoms with Gasteiger partial charge in [-0.25, -0.2) is 19.9 Å². The molecule has 4 aromatic rings. The molecule has 0 spiro atoms. The summed E-state index contributed by atoms with van der Waals surface area (Å²) in [4.78, 5) is 33.2. The molecule has 4 aromatic heterocycles. The van der Waals surface area contributed by atoms with Crippen LogP contribution in [0.2, 0.25) is 0 Å². The summed E-state index contributed by atoms with van der Waals surface area (Å²) >= 11 is 0. The summed E-state index contributed by atoms with van der Waals surface area (Å²) in [7, 11) is 0. The van der Waals surface area contributed by atoms with Crippen molar-refractivity contribution in [2.45, 2.75) is 32.7 Å². The van der Waals surface area contributed by atoms with Crippen molar-refractivity contribution in [3.63, 3.8) is 0 Å². The summed E-state index contributed by atoms with van der Waals surface area (Å²) in [6, 6.07) is 11.5. The van der Waals surface area contributed by atoms with Gasteiger partial charge in [0.15, 0.2) is 0 Å². The number of hydrogen-bond acceptors (Lipinski definition) is 7. The van der Waals surface area contributed by atoms with Crippen molar-refractivity contribution in [2.24, 2.45) is 0 Å². The van der Waals surface area contributed by atoms with Gasteiger partial charge in [0.2, 0.25) is 0 Å². The van der Waals surface area contributed by atoms with Gasteiger partial charge in [-0.05, 0) is 44.5 Å². The lowest BCUT2D eigenvalue weighted by molar-refractivity contribution is 0.0924. The van der Waals surface area contributed by atoms with Crippen molar-refractivity contribution >= 4 is 16.9 Å². The van der Waals surface area contributed by atoms with Crippen LogP contribution in [-0.2, 0) is 0 Å². The molecule has 0 bridgehead atoms. The average Bonchev–Trinajstić information content (AvgIpc) is 3.26. The Balaban J connectivity index is 1.59. The zero-order valence-corrected chi connectivity index (χ0v) is 18.6. The lowest BCUT2D eigenvalue weighted by atomic mass is 10.1. The molecule has 0 aromatic carbocycles. The molecule has 0 saturated carbocycles. The average molecular weight is 441 g/mol. The van der Waals surface area contributed by atoms with Crippen LogP contribution in [0.15, 0.2) is 48.9 Å². The van der Waals surface area contributed by atoms with Gasteiger partial charge in [-0.1, -0.05) is 13.0 Å². The van der Waals surface area contributed by atoms with E-state index in [1.165, 1.54) is 0 Å². The molecule has 9 nitrogen and oxygen atoms in total. The maximum atomic E-state index is 12.5. The molecule has 4 rings (SSSR count). The monoisotopic (exact) mass is 441 g/mol. The quantitative estimate of drug-likeness (QED) is 0.445. The molecular weight excluding hydrogens is 418 g/mol. The van der Waals surface area contributed by atoms with Gasteiger partial charge >= 0.3 is 6.01 Å². The van der Waals surface area contributed by atoms with Crippen LogP contribution in [0, 0.1) is 11.3 Å². The molecule has 9 heteroatoms. The normalized spacial score (nSPS) is 11.2. The topological polar surface area (TPSA) is 129 Å². The molecule has 0 fully saturated rings. The molecule has 4 heterocycles. The van der Waals surface area contributed by atoms with E-state index in [-0.39, 0.29) is 5.69 Å². The van der Waals surface area contributed by atoms with Crippen LogP contribution in [0.1, 0.15) is 37.7 Å². The third-order valence-electron chi connectivity index (χ3n) is 4.83. The van der Waals surface area contributed by atoms with Crippen LogP contribution >= 0.6 is 0 Å². The third-order valence-corrected chi connectivity index (χ3v) is 4.83. The van der Waals surface area contributed by atoms with Crippen molar-refractivity contribution in [1.29, 1.82) is 5.26 Å². The second-order valence-electron chi connectivity index (χ2n) is 8.05. The smallest absolute Gasteiger partial charge is 0.316 e. The Kier molecular flexibility index (Phi) is 6.00. The minimum absolute atomic E-state index is 0.230. The molecule has 33 heavy (non-hydrogen) atoms. The van der Waals surface area contributed by atoms with Crippen LogP contribution in [0.4, 0.5) is 0 Å². The predicted octanol–water partition coefficient (Wildman–Crippen LogP) is 3.90. The molecule has 0 unspecified atom stereocenters. The molecule has 2 N–H and O–H groups in total. The van der Waals surface area contributed by atoms with E-state index < -0.39 is 11.4 Å². The highest BCUT2D eigenvalue weighted by Gasteiger charge is 2.21. The van der Waals surface area contributed by atoms with Gasteiger partial charge in [0, 0.05) is 35.1 Å². The Bertz CT molecular complexity index is 1340. The fraction of sp³-hybridized carbons (Fsp3) is 0.250. The van der Waals surface area contributed by atoms with Crippen LogP contribution in [0.25, 0.3) is 33.5 Å². The van der Waals surface area contributed by atoms with E-state index in [1.807, 2.05) is 31.2 Å². The maximum Gasteiger partial charge on any atom is 0.316 e. The SMILES string of the molecule is CCCOc1ncc(-c2cc3cc(-c4cccc(C(=O)NC(C)(C)C#N)n4)cnc3[nH]2)cn1. The zero-order valence-electron chi connectivity index (χ0n) is 18.6. The summed E-state index contributed by atoms with van der Waals surface area (Å²) in [5.41, 5.74) is 2.97. The number of ether oxygens (including phenoxy) is 1. The van der Waals surface area contributed by atoms with Crippen LogP contribution in [-0.4, -0.2) is 43.0 Å². The highest BCUT2D eigenvalue weighted by molar-refractivity contribution is 5.94. The number of nitriles is 1. The summed E-state index contributed by atoms with van der Waals surface area (Å²) < 4.78 is 5.43. The van der Waals surface area contributed by atoms with Gasteiger partial charge in [0.25, 0.3) is 5.91 Å². The molecule has 0 saturated heterocycles. The minimum Gasteiger partial charge on any atom is -0.463 e. The predicted molar refractivity (Wildman–Crippen MR) is 123 cm³/mol. The first-order valence-electron chi connectivity index (χ1n) is 10.5. The van der Waals surface area contributed by atoms with Crippen molar-refractivity contribution in [1.82, 2.24) is 30.2 Å². The van der Waals surface area contributed by atoms with Crippen LogP contribution < -0.4 is 10.1 Å². The van der Waals surface area contributed by atoms with E-state index in [2.05, 4.69) is 30.2 Å².